The summed E-state index contributed by atoms with van der Waals surface area (Å²) in [5.74, 6) is 0.297. The summed E-state index contributed by atoms with van der Waals surface area (Å²) in [6, 6.07) is 6.34. The van der Waals surface area contributed by atoms with Gasteiger partial charge in [0.1, 0.15) is 4.90 Å². The maximum atomic E-state index is 12.6. The summed E-state index contributed by atoms with van der Waals surface area (Å²) < 4.78 is 27.1. The molecule has 0 atom stereocenters. The first-order valence-electron chi connectivity index (χ1n) is 7.93. The minimum atomic E-state index is -4.17. The standard InChI is InChI=1S/C16H22N6O3S/c1-10(2)19-16(23)22-26(24,25)13-9-18-15(17-4)21-14(13)20-12-7-5-6-11(3)8-12/h5-10H,1-4H3,(H2,19,22,23)(H2,17,18,20,21). The summed E-state index contributed by atoms with van der Waals surface area (Å²) in [6.45, 7) is 5.36. The summed E-state index contributed by atoms with van der Waals surface area (Å²) in [6.07, 6.45) is 1.14. The van der Waals surface area contributed by atoms with Crippen LogP contribution in [0.1, 0.15) is 19.4 Å². The Kier molecular flexibility index (Phi) is 5.98. The van der Waals surface area contributed by atoms with Gasteiger partial charge in [0, 0.05) is 18.8 Å². The van der Waals surface area contributed by atoms with Crippen LogP contribution in [0.4, 0.5) is 22.2 Å². The van der Waals surface area contributed by atoms with Gasteiger partial charge >= 0.3 is 6.03 Å². The summed E-state index contributed by atoms with van der Waals surface area (Å²) in [4.78, 5) is 19.7. The summed E-state index contributed by atoms with van der Waals surface area (Å²) in [7, 11) is -2.55. The van der Waals surface area contributed by atoms with Gasteiger partial charge in [-0.25, -0.2) is 22.9 Å². The second kappa shape index (κ2) is 8.00. The monoisotopic (exact) mass is 378 g/mol. The van der Waals surface area contributed by atoms with Crippen LogP contribution in [-0.4, -0.2) is 37.5 Å². The lowest BCUT2D eigenvalue weighted by Crippen LogP contribution is -2.42. The number of carbonyl (C=O) groups excluding carboxylic acids is 1. The van der Waals surface area contributed by atoms with Crippen LogP contribution >= 0.6 is 0 Å². The number of rotatable bonds is 6. The summed E-state index contributed by atoms with van der Waals surface area (Å²) >= 11 is 0. The average Bonchev–Trinajstić information content (AvgIpc) is 2.53. The lowest BCUT2D eigenvalue weighted by Gasteiger charge is -2.14. The Morgan fingerprint density at radius 2 is 1.96 bits per heavy atom. The van der Waals surface area contributed by atoms with E-state index in [1.54, 1.807) is 27.0 Å². The lowest BCUT2D eigenvalue weighted by atomic mass is 10.2. The molecule has 0 aliphatic rings. The molecule has 1 aromatic heterocycles. The van der Waals surface area contributed by atoms with Gasteiger partial charge in [-0.3, -0.25) is 0 Å². The van der Waals surface area contributed by atoms with Gasteiger partial charge in [-0.2, -0.15) is 4.98 Å². The van der Waals surface area contributed by atoms with Crippen molar-refractivity contribution < 1.29 is 13.2 Å². The molecule has 1 heterocycles. The van der Waals surface area contributed by atoms with Crippen molar-refractivity contribution in [2.75, 3.05) is 17.7 Å². The first-order valence-corrected chi connectivity index (χ1v) is 9.41. The Balaban J connectivity index is 2.39. The molecule has 4 N–H and O–H groups in total. The number of anilines is 3. The van der Waals surface area contributed by atoms with Crippen LogP contribution in [-0.2, 0) is 10.0 Å². The van der Waals surface area contributed by atoms with E-state index in [0.717, 1.165) is 11.8 Å². The van der Waals surface area contributed by atoms with E-state index in [4.69, 9.17) is 0 Å². The predicted molar refractivity (Wildman–Crippen MR) is 100 cm³/mol. The number of urea groups is 1. The molecule has 140 valence electrons. The molecule has 0 saturated carbocycles. The van der Waals surface area contributed by atoms with Crippen LogP contribution in [0, 0.1) is 6.92 Å². The fraction of sp³-hybridized carbons (Fsp3) is 0.312. The van der Waals surface area contributed by atoms with Crippen LogP contribution in [0.15, 0.2) is 35.4 Å². The van der Waals surface area contributed by atoms with Gasteiger partial charge in [0.05, 0.1) is 6.20 Å². The predicted octanol–water partition coefficient (Wildman–Crippen LogP) is 1.97. The highest BCUT2D eigenvalue weighted by atomic mass is 32.2. The van der Waals surface area contributed by atoms with Gasteiger partial charge in [0.15, 0.2) is 5.82 Å². The van der Waals surface area contributed by atoms with E-state index in [1.165, 1.54) is 0 Å². The fourth-order valence-corrected chi connectivity index (χ4v) is 3.06. The normalized spacial score (nSPS) is 11.1. The Hall–Kier alpha value is -2.88. The van der Waals surface area contributed by atoms with E-state index in [1.807, 2.05) is 29.8 Å². The third-order valence-electron chi connectivity index (χ3n) is 3.20. The molecule has 0 fully saturated rings. The van der Waals surface area contributed by atoms with Crippen LogP contribution in [0.2, 0.25) is 0 Å². The molecule has 10 heteroatoms. The van der Waals surface area contributed by atoms with Crippen LogP contribution in [0.25, 0.3) is 0 Å². The molecular formula is C16H22N6O3S. The topological polar surface area (TPSA) is 125 Å². The highest BCUT2D eigenvalue weighted by molar-refractivity contribution is 7.90. The molecule has 0 spiro atoms. The Morgan fingerprint density at radius 3 is 2.58 bits per heavy atom. The molecule has 0 unspecified atom stereocenters. The molecule has 0 saturated heterocycles. The molecule has 0 aliphatic heterocycles. The van der Waals surface area contributed by atoms with Crippen molar-refractivity contribution in [1.82, 2.24) is 20.0 Å². The van der Waals surface area contributed by atoms with E-state index in [0.29, 0.717) is 5.69 Å². The number of amides is 2. The number of benzene rings is 1. The molecule has 2 rings (SSSR count). The van der Waals surface area contributed by atoms with E-state index in [-0.39, 0.29) is 22.7 Å². The van der Waals surface area contributed by atoms with Crippen molar-refractivity contribution in [2.24, 2.45) is 0 Å². The second-order valence-corrected chi connectivity index (χ2v) is 7.54. The molecule has 0 bridgehead atoms. The Bertz CT molecular complexity index is 899. The van der Waals surface area contributed by atoms with Gasteiger partial charge < -0.3 is 16.0 Å². The molecule has 0 aliphatic carbocycles. The van der Waals surface area contributed by atoms with Crippen LogP contribution in [0.3, 0.4) is 0 Å². The quantitative estimate of drug-likeness (QED) is 0.605. The maximum absolute atomic E-state index is 12.6. The number of hydrogen-bond donors (Lipinski definition) is 4. The minimum Gasteiger partial charge on any atom is -0.357 e. The van der Waals surface area contributed by atoms with Crippen molar-refractivity contribution in [3.63, 3.8) is 0 Å². The van der Waals surface area contributed by atoms with Crippen molar-refractivity contribution in [1.29, 1.82) is 0 Å². The third kappa shape index (κ3) is 5.06. The molecule has 2 aromatic rings. The van der Waals surface area contributed by atoms with Crippen LogP contribution < -0.4 is 20.7 Å². The number of aromatic nitrogens is 2. The van der Waals surface area contributed by atoms with Gasteiger partial charge in [-0.1, -0.05) is 12.1 Å². The SMILES string of the molecule is CNc1ncc(S(=O)(=O)NC(=O)NC(C)C)c(Nc2cccc(C)c2)n1. The van der Waals surface area contributed by atoms with Gasteiger partial charge in [0.25, 0.3) is 10.0 Å². The van der Waals surface area contributed by atoms with Gasteiger partial charge in [-0.15, -0.1) is 0 Å². The molecule has 2 amide bonds. The van der Waals surface area contributed by atoms with Gasteiger partial charge in [0.2, 0.25) is 5.95 Å². The molecule has 9 nitrogen and oxygen atoms in total. The highest BCUT2D eigenvalue weighted by Gasteiger charge is 2.24. The van der Waals surface area contributed by atoms with Crippen molar-refractivity contribution in [3.8, 4) is 0 Å². The third-order valence-corrected chi connectivity index (χ3v) is 4.53. The minimum absolute atomic E-state index is 0.0554. The number of hydrogen-bond acceptors (Lipinski definition) is 7. The summed E-state index contributed by atoms with van der Waals surface area (Å²) in [5.41, 5.74) is 1.66. The van der Waals surface area contributed by atoms with E-state index in [9.17, 15) is 13.2 Å². The number of nitrogens with one attached hydrogen (secondary N) is 4. The first-order chi connectivity index (χ1) is 12.2. The molecular weight excluding hydrogens is 356 g/mol. The van der Waals surface area contributed by atoms with Crippen LogP contribution in [0.5, 0.6) is 0 Å². The smallest absolute Gasteiger partial charge is 0.328 e. The zero-order chi connectivity index (χ0) is 19.3. The van der Waals surface area contributed by atoms with E-state index >= 15 is 0 Å². The zero-order valence-electron chi connectivity index (χ0n) is 15.0. The Labute approximate surface area is 152 Å². The lowest BCUT2D eigenvalue weighted by molar-refractivity contribution is 0.243. The summed E-state index contributed by atoms with van der Waals surface area (Å²) in [5, 5.41) is 8.18. The van der Waals surface area contributed by atoms with E-state index in [2.05, 4.69) is 25.9 Å². The number of carbonyl (C=O) groups is 1. The molecule has 26 heavy (non-hydrogen) atoms. The van der Waals surface area contributed by atoms with E-state index < -0.39 is 16.1 Å². The fourth-order valence-electron chi connectivity index (χ4n) is 2.11. The zero-order valence-corrected chi connectivity index (χ0v) is 15.8. The number of sulfonamides is 1. The average molecular weight is 378 g/mol. The Morgan fingerprint density at radius 1 is 1.23 bits per heavy atom. The van der Waals surface area contributed by atoms with Crippen molar-refractivity contribution in [3.05, 3.63) is 36.0 Å². The molecule has 1 aromatic carbocycles. The maximum Gasteiger partial charge on any atom is 0.328 e. The largest absolute Gasteiger partial charge is 0.357 e. The molecule has 0 radical (unpaired) electrons. The van der Waals surface area contributed by atoms with Gasteiger partial charge in [-0.05, 0) is 38.5 Å². The second-order valence-electron chi connectivity index (χ2n) is 5.88. The highest BCUT2D eigenvalue weighted by Crippen LogP contribution is 2.24. The number of nitrogens with zero attached hydrogens (tertiary/aromatic N) is 2. The van der Waals surface area contributed by atoms with Crippen molar-refractivity contribution in [2.45, 2.75) is 31.7 Å². The number of aryl methyl sites for hydroxylation is 1. The van der Waals surface area contributed by atoms with Crippen molar-refractivity contribution >= 4 is 33.5 Å². The first kappa shape index (κ1) is 19.4.